The van der Waals surface area contributed by atoms with Gasteiger partial charge in [0.2, 0.25) is 0 Å². The number of hydrogen-bond acceptors (Lipinski definition) is 6. The number of aromatic hydroxyl groups is 1. The van der Waals surface area contributed by atoms with Gasteiger partial charge in [-0.1, -0.05) is 18.6 Å². The van der Waals surface area contributed by atoms with Crippen LogP contribution in [0.1, 0.15) is 42.9 Å². The first-order valence-electron chi connectivity index (χ1n) is 9.77. The van der Waals surface area contributed by atoms with Crippen LogP contribution in [-0.4, -0.2) is 26.0 Å². The molecule has 2 unspecified atom stereocenters. The van der Waals surface area contributed by atoms with E-state index in [0.717, 1.165) is 17.8 Å². The lowest BCUT2D eigenvalue weighted by Gasteiger charge is -2.27. The van der Waals surface area contributed by atoms with Crippen LogP contribution in [0, 0.1) is 12.8 Å². The minimum Gasteiger partial charge on any atom is -0.505 e. The Hall–Kier alpha value is -3.20. The van der Waals surface area contributed by atoms with E-state index in [9.17, 15) is 19.8 Å². The molecule has 2 aromatic heterocycles. The maximum Gasteiger partial charge on any atom is 0.306 e. The van der Waals surface area contributed by atoms with Crippen LogP contribution in [0.5, 0.6) is 5.75 Å². The summed E-state index contributed by atoms with van der Waals surface area (Å²) in [7, 11) is 0. The summed E-state index contributed by atoms with van der Waals surface area (Å²) >= 11 is 1.43. The monoisotopic (exact) mass is 426 g/mol. The van der Waals surface area contributed by atoms with Gasteiger partial charge in [-0.3, -0.25) is 14.7 Å². The van der Waals surface area contributed by atoms with Crippen molar-refractivity contribution in [3.8, 4) is 10.8 Å². The highest BCUT2D eigenvalue weighted by molar-refractivity contribution is 7.12. The molecule has 30 heavy (non-hydrogen) atoms. The Morgan fingerprint density at radius 3 is 2.80 bits per heavy atom. The van der Waals surface area contributed by atoms with E-state index >= 15 is 0 Å². The van der Waals surface area contributed by atoms with Crippen molar-refractivity contribution in [3.05, 3.63) is 57.3 Å². The van der Waals surface area contributed by atoms with Crippen molar-refractivity contribution in [2.75, 3.05) is 0 Å². The topological polar surface area (TPSA) is 120 Å². The highest BCUT2D eigenvalue weighted by Gasteiger charge is 2.29. The third-order valence-electron chi connectivity index (χ3n) is 5.53. The molecule has 1 fully saturated rings. The van der Waals surface area contributed by atoms with E-state index < -0.39 is 11.9 Å². The van der Waals surface area contributed by atoms with E-state index in [0.29, 0.717) is 24.1 Å². The molecule has 1 aliphatic rings. The summed E-state index contributed by atoms with van der Waals surface area (Å²) in [5.41, 5.74) is 1.37. The van der Waals surface area contributed by atoms with E-state index in [-0.39, 0.29) is 28.6 Å². The number of nitrogens with one attached hydrogen (secondary N) is 1. The van der Waals surface area contributed by atoms with Crippen LogP contribution in [0.2, 0.25) is 0 Å². The normalized spacial score (nSPS) is 19.4. The van der Waals surface area contributed by atoms with Gasteiger partial charge in [0.25, 0.3) is 5.56 Å². The molecule has 0 spiro atoms. The minimum atomic E-state index is -0.792. The fourth-order valence-corrected chi connectivity index (χ4v) is 4.65. The fourth-order valence-electron chi connectivity index (χ4n) is 3.97. The second kappa shape index (κ2) is 8.27. The van der Waals surface area contributed by atoms with Gasteiger partial charge in [-0.15, -0.1) is 21.6 Å². The summed E-state index contributed by atoms with van der Waals surface area (Å²) in [4.78, 5) is 24.0. The number of rotatable bonds is 5. The van der Waals surface area contributed by atoms with Crippen molar-refractivity contribution in [2.45, 2.75) is 38.5 Å². The molecule has 9 heteroatoms. The highest BCUT2D eigenvalue weighted by Crippen LogP contribution is 2.43. The summed E-state index contributed by atoms with van der Waals surface area (Å²) in [6, 6.07) is 8.87. The molecule has 0 radical (unpaired) electrons. The molecule has 1 saturated carbocycles. The number of thiophene rings is 1. The number of phenolic OH excluding ortho intramolecular Hbond substituents is 1. The number of carbonyl (C=O) groups is 1. The lowest BCUT2D eigenvalue weighted by Crippen LogP contribution is -2.21. The van der Waals surface area contributed by atoms with Crippen LogP contribution in [0.15, 0.2) is 50.7 Å². The number of carboxylic acids is 1. The molecule has 0 bridgehead atoms. The number of hydrogen-bond donors (Lipinski definition) is 3. The van der Waals surface area contributed by atoms with E-state index in [1.807, 2.05) is 17.5 Å². The van der Waals surface area contributed by atoms with Gasteiger partial charge >= 0.3 is 5.97 Å². The molecule has 1 aliphatic carbocycles. The summed E-state index contributed by atoms with van der Waals surface area (Å²) in [6.45, 7) is 1.74. The third-order valence-corrected chi connectivity index (χ3v) is 6.39. The summed E-state index contributed by atoms with van der Waals surface area (Å²) < 4.78 is 1.42. The van der Waals surface area contributed by atoms with Crippen LogP contribution >= 0.6 is 11.3 Å². The molecule has 3 N–H and O–H groups in total. The van der Waals surface area contributed by atoms with Crippen molar-refractivity contribution in [3.63, 3.8) is 0 Å². The zero-order valence-corrected chi connectivity index (χ0v) is 17.2. The number of phenols is 1. The van der Waals surface area contributed by atoms with Gasteiger partial charge in [-0.2, -0.15) is 0 Å². The zero-order chi connectivity index (χ0) is 21.3. The van der Waals surface area contributed by atoms with Crippen molar-refractivity contribution >= 4 is 28.7 Å². The average Bonchev–Trinajstić information content (AvgIpc) is 3.36. The number of aromatic amines is 1. The Bertz CT molecular complexity index is 1150. The van der Waals surface area contributed by atoms with E-state index in [4.69, 9.17) is 0 Å². The average molecular weight is 426 g/mol. The Morgan fingerprint density at radius 2 is 2.07 bits per heavy atom. The first-order chi connectivity index (χ1) is 14.5. The van der Waals surface area contributed by atoms with Crippen LogP contribution in [0.3, 0.4) is 0 Å². The van der Waals surface area contributed by atoms with E-state index in [1.165, 1.54) is 16.0 Å². The maximum atomic E-state index is 12.7. The number of aromatic nitrogens is 2. The summed E-state index contributed by atoms with van der Waals surface area (Å²) in [6.07, 6.45) is 2.78. The lowest BCUT2D eigenvalue weighted by molar-refractivity contribution is -0.143. The number of benzene rings is 1. The molecule has 8 nitrogen and oxygen atoms in total. The van der Waals surface area contributed by atoms with Gasteiger partial charge in [0.05, 0.1) is 11.6 Å². The Balaban J connectivity index is 1.62. The highest BCUT2D eigenvalue weighted by atomic mass is 32.1. The first kappa shape index (κ1) is 20.1. The minimum absolute atomic E-state index is 0.0101. The molecular formula is C21H22N4O4S. The van der Waals surface area contributed by atoms with Crippen LogP contribution in [0.25, 0.3) is 5.00 Å². The number of para-hydroxylation sites is 1. The van der Waals surface area contributed by atoms with Crippen molar-refractivity contribution in [1.29, 1.82) is 0 Å². The van der Waals surface area contributed by atoms with Crippen LogP contribution < -0.4 is 5.56 Å². The van der Waals surface area contributed by atoms with E-state index in [2.05, 4.69) is 15.3 Å². The number of aryl methyl sites for hydroxylation is 1. The van der Waals surface area contributed by atoms with Gasteiger partial charge in [-0.25, -0.2) is 4.68 Å². The Morgan fingerprint density at radius 1 is 1.23 bits per heavy atom. The SMILES string of the molecule is Cc1[nH]n(-c2cccs2)c(=O)c1N=Nc1cccc(C2CCCC(C(=O)O)C2)c1O. The van der Waals surface area contributed by atoms with Crippen LogP contribution in [0.4, 0.5) is 11.4 Å². The molecule has 156 valence electrons. The summed E-state index contributed by atoms with van der Waals surface area (Å²) in [5, 5.41) is 33.9. The predicted octanol–water partition coefficient (Wildman–Crippen LogP) is 5.01. The largest absolute Gasteiger partial charge is 0.505 e. The molecule has 3 aromatic rings. The molecular weight excluding hydrogens is 404 g/mol. The molecule has 2 heterocycles. The summed E-state index contributed by atoms with van der Waals surface area (Å²) in [5.74, 6) is -1.24. The Kier molecular flexibility index (Phi) is 5.54. The van der Waals surface area contributed by atoms with Gasteiger partial charge in [0.15, 0.2) is 5.69 Å². The quantitative estimate of drug-likeness (QED) is 0.496. The van der Waals surface area contributed by atoms with Gasteiger partial charge in [-0.05, 0) is 61.2 Å². The molecule has 4 rings (SSSR count). The van der Waals surface area contributed by atoms with Gasteiger partial charge in [0.1, 0.15) is 16.4 Å². The van der Waals surface area contributed by atoms with E-state index in [1.54, 1.807) is 25.1 Å². The fraction of sp³-hybridized carbons (Fsp3) is 0.333. The smallest absolute Gasteiger partial charge is 0.306 e. The van der Waals surface area contributed by atoms with Gasteiger partial charge in [0, 0.05) is 0 Å². The third kappa shape index (κ3) is 3.80. The van der Waals surface area contributed by atoms with Crippen molar-refractivity contribution < 1.29 is 15.0 Å². The second-order valence-corrected chi connectivity index (χ2v) is 8.42. The Labute approximate surface area is 176 Å². The molecule has 0 amide bonds. The molecule has 0 aliphatic heterocycles. The number of H-pyrrole nitrogens is 1. The van der Waals surface area contributed by atoms with Crippen LogP contribution in [-0.2, 0) is 4.79 Å². The van der Waals surface area contributed by atoms with Crippen molar-refractivity contribution in [2.24, 2.45) is 16.1 Å². The number of nitrogens with zero attached hydrogens (tertiary/aromatic N) is 3. The first-order valence-corrected chi connectivity index (χ1v) is 10.7. The van der Waals surface area contributed by atoms with Crippen molar-refractivity contribution in [1.82, 2.24) is 9.78 Å². The lowest BCUT2D eigenvalue weighted by atomic mass is 9.77. The predicted molar refractivity (Wildman–Crippen MR) is 114 cm³/mol. The molecule has 2 atom stereocenters. The maximum absolute atomic E-state index is 12.7. The number of azo groups is 1. The number of aliphatic carboxylic acids is 1. The zero-order valence-electron chi connectivity index (χ0n) is 16.4. The second-order valence-electron chi connectivity index (χ2n) is 7.49. The molecule has 0 saturated heterocycles. The standard InChI is InChI=1S/C21H22N4O4S/c1-12-18(20(27)25(24-12)17-9-4-10-30-17)23-22-16-8-3-7-15(19(16)26)13-5-2-6-14(11-13)21(28)29/h3-4,7-10,13-14,24,26H,2,5-6,11H2,1H3,(H,28,29). The van der Waals surface area contributed by atoms with Gasteiger partial charge < -0.3 is 10.2 Å². The molecule has 1 aromatic carbocycles. The number of carboxylic acid groups (broad SMARTS) is 1.